The lowest BCUT2D eigenvalue weighted by Crippen LogP contribution is -2.50. The fraction of sp³-hybridized carbons (Fsp3) is 0.500. The highest BCUT2D eigenvalue weighted by Crippen LogP contribution is 2.33. The first-order chi connectivity index (χ1) is 10.8. The highest BCUT2D eigenvalue weighted by molar-refractivity contribution is 5.87. The van der Waals surface area contributed by atoms with Crippen LogP contribution >= 0.6 is 0 Å². The molecule has 9 heteroatoms. The van der Waals surface area contributed by atoms with Crippen LogP contribution in [-0.4, -0.2) is 36.7 Å². The lowest BCUT2D eigenvalue weighted by atomic mass is 10.0. The molecule has 126 valence electrons. The first-order valence-corrected chi connectivity index (χ1v) is 7.03. The maximum absolute atomic E-state index is 13.9. The van der Waals surface area contributed by atoms with Gasteiger partial charge in [0, 0.05) is 0 Å². The van der Waals surface area contributed by atoms with Gasteiger partial charge in [-0.15, -0.1) is 0 Å². The molecule has 0 saturated carbocycles. The van der Waals surface area contributed by atoms with Crippen molar-refractivity contribution in [3.05, 3.63) is 29.1 Å². The van der Waals surface area contributed by atoms with E-state index in [-0.39, 0.29) is 25.2 Å². The van der Waals surface area contributed by atoms with Gasteiger partial charge in [-0.3, -0.25) is 0 Å². The van der Waals surface area contributed by atoms with Crippen LogP contribution in [0, 0.1) is 35.0 Å². The lowest BCUT2D eigenvalue weighted by molar-refractivity contribution is 0.0563. The number of hydrazone groups is 1. The van der Waals surface area contributed by atoms with Crippen molar-refractivity contribution in [2.24, 2.45) is 11.0 Å². The van der Waals surface area contributed by atoms with E-state index >= 15 is 0 Å². The number of hydrogen-bond acceptors (Lipinski definition) is 4. The predicted octanol–water partition coefficient (Wildman–Crippen LogP) is 2.83. The van der Waals surface area contributed by atoms with Crippen molar-refractivity contribution in [3.8, 4) is 0 Å². The van der Waals surface area contributed by atoms with E-state index < -0.39 is 34.8 Å². The summed E-state index contributed by atoms with van der Waals surface area (Å²) in [6, 6.07) is -0.0891. The number of nitrogens with zero attached hydrogens (tertiary/aromatic N) is 3. The zero-order chi connectivity index (χ0) is 16.9. The Morgan fingerprint density at radius 3 is 2.13 bits per heavy atom. The van der Waals surface area contributed by atoms with Gasteiger partial charge in [-0.1, -0.05) is 13.8 Å². The van der Waals surface area contributed by atoms with Gasteiger partial charge in [0.05, 0.1) is 12.6 Å². The van der Waals surface area contributed by atoms with Gasteiger partial charge in [-0.2, -0.15) is 5.10 Å². The van der Waals surface area contributed by atoms with Crippen LogP contribution in [0.15, 0.2) is 5.10 Å². The predicted molar refractivity (Wildman–Crippen MR) is 72.3 cm³/mol. The average Bonchev–Trinajstić information content (AvgIpc) is 2.94. The van der Waals surface area contributed by atoms with Crippen molar-refractivity contribution in [2.75, 3.05) is 24.9 Å². The lowest BCUT2D eigenvalue weighted by Gasteiger charge is -2.36. The molecule has 0 aliphatic carbocycles. The van der Waals surface area contributed by atoms with Gasteiger partial charge in [0.15, 0.2) is 29.1 Å². The molecular weight excluding hydrogens is 321 g/mol. The molecule has 0 unspecified atom stereocenters. The second-order valence-electron chi connectivity index (χ2n) is 5.77. The van der Waals surface area contributed by atoms with Crippen molar-refractivity contribution in [1.29, 1.82) is 0 Å². The number of hydrogen-bond donors (Lipinski definition) is 0. The normalized spacial score (nSPS) is 21.0. The summed E-state index contributed by atoms with van der Waals surface area (Å²) in [6.45, 7) is 4.31. The summed E-state index contributed by atoms with van der Waals surface area (Å²) in [5.74, 6) is -9.38. The highest BCUT2D eigenvalue weighted by Gasteiger charge is 2.38. The third-order valence-electron chi connectivity index (χ3n) is 3.99. The summed E-state index contributed by atoms with van der Waals surface area (Å²) in [5.41, 5.74) is -1.05. The van der Waals surface area contributed by atoms with E-state index in [2.05, 4.69) is 5.10 Å². The van der Waals surface area contributed by atoms with Crippen molar-refractivity contribution in [1.82, 2.24) is 4.90 Å². The Morgan fingerprint density at radius 1 is 1.00 bits per heavy atom. The maximum atomic E-state index is 13.9. The average molecular weight is 335 g/mol. The Hall–Kier alpha value is -1.90. The summed E-state index contributed by atoms with van der Waals surface area (Å²) in [4.78, 5) is 1.76. The van der Waals surface area contributed by atoms with Gasteiger partial charge in [0.1, 0.15) is 19.0 Å². The van der Waals surface area contributed by atoms with E-state index in [0.29, 0.717) is 12.4 Å². The van der Waals surface area contributed by atoms with Crippen molar-refractivity contribution >= 4 is 11.5 Å². The SMILES string of the molecule is CC(C)[C@H]1COCC2=NN(c3c(F)c(F)c(F)c(F)c3F)CN21. The fourth-order valence-corrected chi connectivity index (χ4v) is 2.72. The molecule has 0 amide bonds. The molecule has 0 N–H and O–H groups in total. The molecule has 1 fully saturated rings. The van der Waals surface area contributed by atoms with Crippen LogP contribution in [0.4, 0.5) is 27.6 Å². The minimum Gasteiger partial charge on any atom is -0.371 e. The van der Waals surface area contributed by atoms with Crippen LogP contribution in [-0.2, 0) is 4.74 Å². The number of fused-ring (bicyclic) bond motifs is 1. The summed E-state index contributed by atoms with van der Waals surface area (Å²) in [5, 5.41) is 4.75. The van der Waals surface area contributed by atoms with Crippen LogP contribution in [0.5, 0.6) is 0 Å². The van der Waals surface area contributed by atoms with E-state index in [4.69, 9.17) is 4.74 Å². The third-order valence-corrected chi connectivity index (χ3v) is 3.99. The molecule has 1 aromatic rings. The molecule has 2 heterocycles. The molecule has 1 saturated heterocycles. The Kier molecular flexibility index (Phi) is 3.91. The second kappa shape index (κ2) is 5.63. The quantitative estimate of drug-likeness (QED) is 0.473. The van der Waals surface area contributed by atoms with E-state index in [1.807, 2.05) is 13.8 Å². The highest BCUT2D eigenvalue weighted by atomic mass is 19.2. The standard InChI is InChI=1S/C14H14F5N3O/c1-6(2)7-3-23-4-8-20-22(5-21(7)8)14-12(18)10(16)9(15)11(17)13(14)19/h6-7H,3-5H2,1-2H3/t7-/m1/s1. The monoisotopic (exact) mass is 335 g/mol. The first kappa shape index (κ1) is 16.0. The number of halogens is 5. The molecule has 0 aromatic heterocycles. The number of amidine groups is 1. The van der Waals surface area contributed by atoms with Crippen LogP contribution < -0.4 is 5.01 Å². The van der Waals surface area contributed by atoms with Crippen LogP contribution in [0.1, 0.15) is 13.8 Å². The second-order valence-corrected chi connectivity index (χ2v) is 5.77. The molecule has 2 aliphatic heterocycles. The molecule has 0 bridgehead atoms. The summed E-state index contributed by atoms with van der Waals surface area (Å²) >= 11 is 0. The van der Waals surface area contributed by atoms with Crippen molar-refractivity contribution in [3.63, 3.8) is 0 Å². The van der Waals surface area contributed by atoms with Crippen LogP contribution in [0.25, 0.3) is 0 Å². The number of ether oxygens (including phenoxy) is 1. The number of rotatable bonds is 2. The molecule has 2 aliphatic rings. The Balaban J connectivity index is 2.01. The van der Waals surface area contributed by atoms with Crippen molar-refractivity contribution < 1.29 is 26.7 Å². The van der Waals surface area contributed by atoms with Gasteiger partial charge in [-0.05, 0) is 5.92 Å². The molecule has 23 heavy (non-hydrogen) atoms. The van der Waals surface area contributed by atoms with Gasteiger partial charge < -0.3 is 9.64 Å². The maximum Gasteiger partial charge on any atom is 0.200 e. The molecule has 3 rings (SSSR count). The van der Waals surface area contributed by atoms with Gasteiger partial charge in [0.25, 0.3) is 0 Å². The van der Waals surface area contributed by atoms with E-state index in [1.54, 1.807) is 4.90 Å². The summed E-state index contributed by atoms with van der Waals surface area (Å²) in [6.07, 6.45) is 0. The smallest absolute Gasteiger partial charge is 0.200 e. The molecule has 0 spiro atoms. The fourth-order valence-electron chi connectivity index (χ4n) is 2.72. The van der Waals surface area contributed by atoms with Crippen molar-refractivity contribution in [2.45, 2.75) is 19.9 Å². The van der Waals surface area contributed by atoms with Gasteiger partial charge >= 0.3 is 0 Å². The van der Waals surface area contributed by atoms with E-state index in [9.17, 15) is 22.0 Å². The molecule has 4 nitrogen and oxygen atoms in total. The van der Waals surface area contributed by atoms with E-state index in [0.717, 1.165) is 5.01 Å². The zero-order valence-corrected chi connectivity index (χ0v) is 12.4. The van der Waals surface area contributed by atoms with Gasteiger partial charge in [0.2, 0.25) is 5.82 Å². The van der Waals surface area contributed by atoms with Gasteiger partial charge in [-0.25, -0.2) is 27.0 Å². The Bertz CT molecular complexity index is 650. The number of morpholine rings is 1. The molecule has 1 atom stereocenters. The summed E-state index contributed by atoms with van der Waals surface area (Å²) in [7, 11) is 0. The number of benzene rings is 1. The Labute approximate surface area is 129 Å². The largest absolute Gasteiger partial charge is 0.371 e. The molecule has 0 radical (unpaired) electrons. The molecule has 1 aromatic carbocycles. The van der Waals surface area contributed by atoms with E-state index in [1.165, 1.54) is 0 Å². The van der Waals surface area contributed by atoms with Crippen LogP contribution in [0.2, 0.25) is 0 Å². The topological polar surface area (TPSA) is 28.1 Å². The summed E-state index contributed by atoms with van der Waals surface area (Å²) < 4.78 is 73.0. The number of anilines is 1. The minimum atomic E-state index is -2.18. The Morgan fingerprint density at radius 2 is 1.57 bits per heavy atom. The zero-order valence-electron chi connectivity index (χ0n) is 12.4. The van der Waals surface area contributed by atoms with Crippen LogP contribution in [0.3, 0.4) is 0 Å². The first-order valence-electron chi connectivity index (χ1n) is 7.03. The molecular formula is C14H14F5N3O. The minimum absolute atomic E-state index is 0.0891. The third kappa shape index (κ3) is 2.43.